The minimum Gasteiger partial charge on any atom is -0.310 e. The van der Waals surface area contributed by atoms with E-state index < -0.39 is 0 Å². The summed E-state index contributed by atoms with van der Waals surface area (Å²) in [5, 5.41) is 5.25. The molecule has 0 N–H and O–H groups in total. The summed E-state index contributed by atoms with van der Waals surface area (Å²) in [6, 6.07) is 68.6. The Bertz CT molecular complexity index is 2830. The standard InChI is InChI=1S/C48H31NS2/c1-3-11-32(12-4-1)33-19-24-37(25-20-33)49(38-26-21-34(22-27-38)36-23-30-46-42(31-36)40-16-8-9-17-44(40)50-46)43-29-28-41-39-15-7-10-18-45(39)51-48(41)47(43)35-13-5-2-6-14-35/h1-31H. The highest BCUT2D eigenvalue weighted by atomic mass is 32.1. The van der Waals surface area contributed by atoms with Gasteiger partial charge >= 0.3 is 0 Å². The number of thiophene rings is 2. The van der Waals surface area contributed by atoms with Crippen molar-refractivity contribution in [1.82, 2.24) is 0 Å². The van der Waals surface area contributed by atoms with Gasteiger partial charge in [-0.1, -0.05) is 133 Å². The smallest absolute Gasteiger partial charge is 0.0554 e. The normalized spacial score (nSPS) is 11.5. The Labute approximate surface area is 304 Å². The van der Waals surface area contributed by atoms with Crippen LogP contribution in [0, 0.1) is 0 Å². The van der Waals surface area contributed by atoms with Gasteiger partial charge in [-0.15, -0.1) is 22.7 Å². The molecule has 1 nitrogen and oxygen atoms in total. The van der Waals surface area contributed by atoms with Crippen molar-refractivity contribution in [2.24, 2.45) is 0 Å². The topological polar surface area (TPSA) is 3.24 Å². The zero-order chi connectivity index (χ0) is 33.7. The number of rotatable bonds is 6. The highest BCUT2D eigenvalue weighted by Crippen LogP contribution is 2.48. The molecule has 0 radical (unpaired) electrons. The van der Waals surface area contributed by atoms with Gasteiger partial charge in [0, 0.05) is 57.3 Å². The van der Waals surface area contributed by atoms with Crippen LogP contribution in [0.25, 0.3) is 73.7 Å². The van der Waals surface area contributed by atoms with Crippen LogP contribution in [0.15, 0.2) is 188 Å². The highest BCUT2D eigenvalue weighted by Gasteiger charge is 2.22. The summed E-state index contributed by atoms with van der Waals surface area (Å²) in [5.41, 5.74) is 10.7. The fraction of sp³-hybridized carbons (Fsp3) is 0. The van der Waals surface area contributed by atoms with Gasteiger partial charge in [-0.3, -0.25) is 0 Å². The number of benzene rings is 8. The first kappa shape index (κ1) is 29.9. The molecule has 0 fully saturated rings. The molecule has 0 bridgehead atoms. The molecule has 0 aliphatic heterocycles. The zero-order valence-corrected chi connectivity index (χ0v) is 29.3. The van der Waals surface area contributed by atoms with Crippen LogP contribution in [0.1, 0.15) is 0 Å². The van der Waals surface area contributed by atoms with Gasteiger partial charge in [0.25, 0.3) is 0 Å². The van der Waals surface area contributed by atoms with Gasteiger partial charge in [0.2, 0.25) is 0 Å². The average Bonchev–Trinajstić information content (AvgIpc) is 3.77. The third-order valence-electron chi connectivity index (χ3n) is 9.90. The van der Waals surface area contributed by atoms with Crippen molar-refractivity contribution < 1.29 is 0 Å². The van der Waals surface area contributed by atoms with E-state index in [2.05, 4.69) is 193 Å². The SMILES string of the molecule is c1ccc(-c2ccc(N(c3ccc(-c4ccc5sc6ccccc6c5c4)cc3)c3ccc4c(sc5ccccc54)c3-c3ccccc3)cc2)cc1. The molecule has 0 saturated carbocycles. The highest BCUT2D eigenvalue weighted by molar-refractivity contribution is 7.26. The Hall–Kier alpha value is -6.00. The van der Waals surface area contributed by atoms with Crippen molar-refractivity contribution in [1.29, 1.82) is 0 Å². The molecule has 0 atom stereocenters. The Balaban J connectivity index is 1.15. The number of fused-ring (bicyclic) bond motifs is 6. The summed E-state index contributed by atoms with van der Waals surface area (Å²) in [6.07, 6.45) is 0. The van der Waals surface area contributed by atoms with Gasteiger partial charge in [0.05, 0.1) is 5.69 Å². The van der Waals surface area contributed by atoms with Gasteiger partial charge in [0.1, 0.15) is 0 Å². The molecule has 51 heavy (non-hydrogen) atoms. The molecule has 0 aliphatic rings. The van der Waals surface area contributed by atoms with Crippen LogP contribution in [0.5, 0.6) is 0 Å². The molecule has 10 rings (SSSR count). The molecule has 0 aliphatic carbocycles. The quantitative estimate of drug-likeness (QED) is 0.168. The monoisotopic (exact) mass is 685 g/mol. The third kappa shape index (κ3) is 5.21. The molecule has 2 heterocycles. The van der Waals surface area contributed by atoms with Crippen molar-refractivity contribution in [2.75, 3.05) is 4.90 Å². The van der Waals surface area contributed by atoms with Gasteiger partial charge in [-0.25, -0.2) is 0 Å². The zero-order valence-electron chi connectivity index (χ0n) is 27.7. The summed E-state index contributed by atoms with van der Waals surface area (Å²) >= 11 is 3.74. The first-order valence-electron chi connectivity index (χ1n) is 17.3. The maximum atomic E-state index is 2.43. The van der Waals surface area contributed by atoms with E-state index in [-0.39, 0.29) is 0 Å². The van der Waals surface area contributed by atoms with Gasteiger partial charge in [-0.2, -0.15) is 0 Å². The first-order chi connectivity index (χ1) is 25.3. The van der Waals surface area contributed by atoms with Gasteiger partial charge in [0.15, 0.2) is 0 Å². The summed E-state index contributed by atoms with van der Waals surface area (Å²) in [4.78, 5) is 2.43. The molecule has 0 spiro atoms. The minimum atomic E-state index is 1.12. The molecule has 0 saturated heterocycles. The second kappa shape index (κ2) is 12.4. The van der Waals surface area contributed by atoms with E-state index in [1.807, 2.05) is 22.7 Å². The molecule has 0 amide bonds. The summed E-state index contributed by atoms with van der Waals surface area (Å²) in [5.74, 6) is 0. The first-order valence-corrected chi connectivity index (χ1v) is 18.9. The lowest BCUT2D eigenvalue weighted by Crippen LogP contribution is -2.11. The maximum absolute atomic E-state index is 2.43. The van der Waals surface area contributed by atoms with Crippen molar-refractivity contribution >= 4 is 80.1 Å². The van der Waals surface area contributed by atoms with Crippen LogP contribution >= 0.6 is 22.7 Å². The minimum absolute atomic E-state index is 1.12. The van der Waals surface area contributed by atoms with Crippen LogP contribution < -0.4 is 4.90 Å². The van der Waals surface area contributed by atoms with E-state index in [1.54, 1.807) is 0 Å². The van der Waals surface area contributed by atoms with Crippen molar-refractivity contribution in [3.63, 3.8) is 0 Å². The van der Waals surface area contributed by atoms with E-state index >= 15 is 0 Å². The predicted molar refractivity (Wildman–Crippen MR) is 223 cm³/mol. The van der Waals surface area contributed by atoms with E-state index in [9.17, 15) is 0 Å². The third-order valence-corrected chi connectivity index (χ3v) is 12.3. The molecule has 8 aromatic carbocycles. The summed E-state index contributed by atoms with van der Waals surface area (Å²) < 4.78 is 5.27. The lowest BCUT2D eigenvalue weighted by Gasteiger charge is -2.28. The van der Waals surface area contributed by atoms with Crippen molar-refractivity contribution in [3.8, 4) is 33.4 Å². The van der Waals surface area contributed by atoms with E-state index in [4.69, 9.17) is 0 Å². The Morgan fingerprint density at radius 2 is 0.804 bits per heavy atom. The lowest BCUT2D eigenvalue weighted by atomic mass is 9.98. The van der Waals surface area contributed by atoms with Crippen LogP contribution in [0.3, 0.4) is 0 Å². The Morgan fingerprint density at radius 3 is 1.47 bits per heavy atom. The van der Waals surface area contributed by atoms with Gasteiger partial charge in [-0.05, 0) is 82.4 Å². The van der Waals surface area contributed by atoms with E-state index in [1.165, 1.54) is 73.7 Å². The van der Waals surface area contributed by atoms with Crippen molar-refractivity contribution in [2.45, 2.75) is 0 Å². The van der Waals surface area contributed by atoms with E-state index in [0.717, 1.165) is 17.1 Å². The second-order valence-corrected chi connectivity index (χ2v) is 15.0. The van der Waals surface area contributed by atoms with Crippen LogP contribution in [-0.2, 0) is 0 Å². The molecule has 240 valence electrons. The maximum Gasteiger partial charge on any atom is 0.0554 e. The number of anilines is 3. The average molecular weight is 686 g/mol. The number of hydrogen-bond donors (Lipinski definition) is 0. The predicted octanol–water partition coefficient (Wildman–Crippen LogP) is 14.9. The molecular formula is C48H31NS2. The van der Waals surface area contributed by atoms with Crippen molar-refractivity contribution in [3.05, 3.63) is 188 Å². The largest absolute Gasteiger partial charge is 0.310 e. The fourth-order valence-corrected chi connectivity index (χ4v) is 9.77. The van der Waals surface area contributed by atoms with Crippen LogP contribution in [0.4, 0.5) is 17.1 Å². The second-order valence-electron chi connectivity index (χ2n) is 12.9. The molecule has 0 unspecified atom stereocenters. The summed E-state index contributed by atoms with van der Waals surface area (Å²) in [6.45, 7) is 0. The molecule has 2 aromatic heterocycles. The lowest BCUT2D eigenvalue weighted by molar-refractivity contribution is 1.29. The number of nitrogens with zero attached hydrogens (tertiary/aromatic N) is 1. The van der Waals surface area contributed by atoms with Crippen LogP contribution in [-0.4, -0.2) is 0 Å². The Morgan fingerprint density at radius 1 is 0.314 bits per heavy atom. The fourth-order valence-electron chi connectivity index (χ4n) is 7.42. The van der Waals surface area contributed by atoms with Crippen LogP contribution in [0.2, 0.25) is 0 Å². The summed E-state index contributed by atoms with van der Waals surface area (Å²) in [7, 11) is 0. The molecular weight excluding hydrogens is 655 g/mol. The molecule has 10 aromatic rings. The van der Waals surface area contributed by atoms with E-state index in [0.29, 0.717) is 0 Å². The molecule has 3 heteroatoms. The van der Waals surface area contributed by atoms with Gasteiger partial charge < -0.3 is 4.90 Å². The number of hydrogen-bond acceptors (Lipinski definition) is 3. The Kier molecular flexibility index (Phi) is 7.26.